The Morgan fingerprint density at radius 3 is 2.43 bits per heavy atom. The number of rotatable bonds is 5. The van der Waals surface area contributed by atoms with E-state index in [0.29, 0.717) is 25.0 Å². The van der Waals surface area contributed by atoms with E-state index in [2.05, 4.69) is 19.9 Å². The van der Waals surface area contributed by atoms with Crippen LogP contribution in [0.15, 0.2) is 30.7 Å². The van der Waals surface area contributed by atoms with Gasteiger partial charge in [0.2, 0.25) is 5.88 Å². The maximum atomic E-state index is 13.3. The maximum Gasteiger partial charge on any atom is 0.419 e. The smallest absolute Gasteiger partial charge is 0.419 e. The van der Waals surface area contributed by atoms with Gasteiger partial charge in [-0.15, -0.1) is 0 Å². The van der Waals surface area contributed by atoms with Gasteiger partial charge in [-0.3, -0.25) is 0 Å². The Balaban J connectivity index is 1.50. The molecule has 4 rings (SSSR count). The summed E-state index contributed by atoms with van der Waals surface area (Å²) >= 11 is 0. The molecule has 1 aliphatic carbocycles. The zero-order valence-corrected chi connectivity index (χ0v) is 15.6. The van der Waals surface area contributed by atoms with E-state index in [1.165, 1.54) is 18.6 Å². The van der Waals surface area contributed by atoms with Crippen LogP contribution in [0.4, 0.5) is 24.8 Å². The van der Waals surface area contributed by atoms with Crippen LogP contribution in [0.5, 0.6) is 5.88 Å². The summed E-state index contributed by atoms with van der Waals surface area (Å²) in [7, 11) is 1.57. The van der Waals surface area contributed by atoms with E-state index in [4.69, 9.17) is 4.74 Å². The van der Waals surface area contributed by atoms with E-state index in [9.17, 15) is 13.2 Å². The number of hydrogen-bond donors (Lipinski definition) is 0. The van der Waals surface area contributed by atoms with Gasteiger partial charge in [-0.2, -0.15) is 13.2 Å². The van der Waals surface area contributed by atoms with E-state index in [0.717, 1.165) is 37.6 Å². The molecule has 9 heteroatoms. The molecule has 2 aromatic rings. The number of pyridine rings is 1. The number of piperidine rings is 1. The van der Waals surface area contributed by atoms with Gasteiger partial charge in [0.1, 0.15) is 18.0 Å². The highest BCUT2D eigenvalue weighted by Crippen LogP contribution is 2.39. The normalized spacial score (nSPS) is 18.2. The zero-order valence-electron chi connectivity index (χ0n) is 15.6. The molecule has 0 atom stereocenters. The van der Waals surface area contributed by atoms with Crippen molar-refractivity contribution in [1.29, 1.82) is 0 Å². The molecule has 0 unspecified atom stereocenters. The van der Waals surface area contributed by atoms with Crippen molar-refractivity contribution in [3.05, 3.63) is 36.3 Å². The van der Waals surface area contributed by atoms with Crippen LogP contribution in [-0.4, -0.2) is 47.2 Å². The molecular weight excluding hydrogens is 371 g/mol. The van der Waals surface area contributed by atoms with Gasteiger partial charge < -0.3 is 14.5 Å². The number of nitrogens with zero attached hydrogens (tertiary/aromatic N) is 5. The first kappa shape index (κ1) is 18.8. The lowest BCUT2D eigenvalue weighted by molar-refractivity contribution is -0.137. The molecule has 0 N–H and O–H groups in total. The second-order valence-electron chi connectivity index (χ2n) is 7.15. The first-order valence-electron chi connectivity index (χ1n) is 9.39. The van der Waals surface area contributed by atoms with Crippen LogP contribution in [-0.2, 0) is 6.18 Å². The number of ether oxygens (including phenoxy) is 1. The Hall–Kier alpha value is -2.58. The van der Waals surface area contributed by atoms with Crippen LogP contribution in [0.3, 0.4) is 0 Å². The number of hydrogen-bond acceptors (Lipinski definition) is 6. The number of alkyl halides is 3. The molecular formula is C19H22F3N5O. The van der Waals surface area contributed by atoms with Crippen molar-refractivity contribution in [2.45, 2.75) is 43.9 Å². The summed E-state index contributed by atoms with van der Waals surface area (Å²) in [6.45, 7) is 1.05. The molecule has 0 spiro atoms. The average Bonchev–Trinajstić information content (AvgIpc) is 3.53. The van der Waals surface area contributed by atoms with Crippen LogP contribution in [0.25, 0.3) is 0 Å². The van der Waals surface area contributed by atoms with Gasteiger partial charge >= 0.3 is 6.18 Å². The van der Waals surface area contributed by atoms with Crippen molar-refractivity contribution in [2.75, 3.05) is 30.0 Å². The van der Waals surface area contributed by atoms with Gasteiger partial charge in [0.15, 0.2) is 0 Å². The molecule has 3 heterocycles. The molecule has 0 radical (unpaired) electrons. The van der Waals surface area contributed by atoms with Gasteiger partial charge in [-0.25, -0.2) is 15.0 Å². The Kier molecular flexibility index (Phi) is 4.99. The number of anilines is 2. The van der Waals surface area contributed by atoms with Gasteiger partial charge in [0.25, 0.3) is 0 Å². The predicted octanol–water partition coefficient (Wildman–Crippen LogP) is 3.54. The highest BCUT2D eigenvalue weighted by atomic mass is 19.4. The molecule has 1 aliphatic heterocycles. The van der Waals surface area contributed by atoms with Gasteiger partial charge in [-0.1, -0.05) is 0 Å². The second kappa shape index (κ2) is 7.44. The SMILES string of the molecule is COc1cc(N(C2CC2)C2CCN(c3ncccc3C(F)(F)F)CC2)ncn1. The fourth-order valence-corrected chi connectivity index (χ4v) is 3.83. The van der Waals surface area contributed by atoms with E-state index in [1.807, 2.05) is 6.07 Å². The van der Waals surface area contributed by atoms with Gasteiger partial charge in [0, 0.05) is 37.4 Å². The van der Waals surface area contributed by atoms with Gasteiger partial charge in [-0.05, 0) is 37.8 Å². The van der Waals surface area contributed by atoms with Crippen LogP contribution in [0, 0.1) is 0 Å². The largest absolute Gasteiger partial charge is 0.481 e. The minimum atomic E-state index is -4.40. The van der Waals surface area contributed by atoms with Crippen LogP contribution in [0.2, 0.25) is 0 Å². The Bertz CT molecular complexity index is 819. The van der Waals surface area contributed by atoms with Gasteiger partial charge in [0.05, 0.1) is 12.7 Å². The minimum Gasteiger partial charge on any atom is -0.481 e. The number of methoxy groups -OCH3 is 1. The number of halogens is 3. The molecule has 28 heavy (non-hydrogen) atoms. The summed E-state index contributed by atoms with van der Waals surface area (Å²) in [4.78, 5) is 16.5. The third kappa shape index (κ3) is 3.83. The Morgan fingerprint density at radius 1 is 1.07 bits per heavy atom. The summed E-state index contributed by atoms with van der Waals surface area (Å²) in [6.07, 6.45) is 2.20. The summed E-state index contributed by atoms with van der Waals surface area (Å²) in [5, 5.41) is 0. The lowest BCUT2D eigenvalue weighted by Gasteiger charge is -2.40. The zero-order chi connectivity index (χ0) is 19.7. The van der Waals surface area contributed by atoms with Crippen molar-refractivity contribution in [2.24, 2.45) is 0 Å². The molecule has 150 valence electrons. The summed E-state index contributed by atoms with van der Waals surface area (Å²) in [5.74, 6) is 1.35. The lowest BCUT2D eigenvalue weighted by atomic mass is 10.0. The highest BCUT2D eigenvalue weighted by Gasteiger charge is 2.39. The molecule has 2 aromatic heterocycles. The third-order valence-corrected chi connectivity index (χ3v) is 5.29. The van der Waals surface area contributed by atoms with E-state index in [-0.39, 0.29) is 11.9 Å². The topological polar surface area (TPSA) is 54.4 Å². The highest BCUT2D eigenvalue weighted by molar-refractivity contribution is 5.50. The van der Waals surface area contributed by atoms with Crippen molar-refractivity contribution in [3.63, 3.8) is 0 Å². The Labute approximate surface area is 161 Å². The molecule has 0 bridgehead atoms. The fourth-order valence-electron chi connectivity index (χ4n) is 3.83. The quantitative estimate of drug-likeness (QED) is 0.775. The van der Waals surface area contributed by atoms with Crippen LogP contribution in [0.1, 0.15) is 31.2 Å². The average molecular weight is 393 g/mol. The minimum absolute atomic E-state index is 0.0233. The summed E-state index contributed by atoms with van der Waals surface area (Å²) in [6, 6.07) is 4.90. The van der Waals surface area contributed by atoms with Crippen molar-refractivity contribution < 1.29 is 17.9 Å². The van der Waals surface area contributed by atoms with Crippen LogP contribution >= 0.6 is 0 Å². The second-order valence-corrected chi connectivity index (χ2v) is 7.15. The molecule has 0 amide bonds. The van der Waals surface area contributed by atoms with Crippen LogP contribution < -0.4 is 14.5 Å². The molecule has 2 aliphatic rings. The molecule has 1 saturated carbocycles. The number of aromatic nitrogens is 3. The lowest BCUT2D eigenvalue weighted by Crippen LogP contribution is -2.47. The van der Waals surface area contributed by atoms with Crippen molar-refractivity contribution in [1.82, 2.24) is 15.0 Å². The van der Waals surface area contributed by atoms with Crippen molar-refractivity contribution in [3.8, 4) is 5.88 Å². The third-order valence-electron chi connectivity index (χ3n) is 5.29. The Morgan fingerprint density at radius 2 is 1.79 bits per heavy atom. The summed E-state index contributed by atoms with van der Waals surface area (Å²) in [5.41, 5.74) is -0.673. The first-order chi connectivity index (χ1) is 13.5. The van der Waals surface area contributed by atoms with E-state index < -0.39 is 11.7 Å². The maximum absolute atomic E-state index is 13.3. The van der Waals surface area contributed by atoms with E-state index in [1.54, 1.807) is 12.0 Å². The van der Waals surface area contributed by atoms with E-state index >= 15 is 0 Å². The standard InChI is InChI=1S/C19H22F3N5O/c1-28-17-11-16(24-12-25-17)27(13-4-5-13)14-6-9-26(10-7-14)18-15(19(20,21)22)3-2-8-23-18/h2-3,8,11-14H,4-7,9-10H2,1H3. The molecule has 2 fully saturated rings. The molecule has 1 saturated heterocycles. The first-order valence-corrected chi connectivity index (χ1v) is 9.39. The fraction of sp³-hybridized carbons (Fsp3) is 0.526. The predicted molar refractivity (Wildman–Crippen MR) is 98.6 cm³/mol. The van der Waals surface area contributed by atoms with Crippen molar-refractivity contribution >= 4 is 11.6 Å². The summed E-state index contributed by atoms with van der Waals surface area (Å²) < 4.78 is 45.2. The molecule has 6 nitrogen and oxygen atoms in total. The monoisotopic (exact) mass is 393 g/mol. The molecule has 0 aromatic carbocycles.